The lowest BCUT2D eigenvalue weighted by molar-refractivity contribution is 0.972. The molecule has 0 aliphatic heterocycles. The molecule has 0 aliphatic rings. The number of aryl methyl sites for hydroxylation is 2. The van der Waals surface area contributed by atoms with Crippen LogP contribution >= 0.6 is 0 Å². The summed E-state index contributed by atoms with van der Waals surface area (Å²) in [6.07, 6.45) is 3.39. The zero-order valence-corrected chi connectivity index (χ0v) is 12.1. The summed E-state index contributed by atoms with van der Waals surface area (Å²) in [6.45, 7) is 6.22. The summed E-state index contributed by atoms with van der Waals surface area (Å²) in [6, 6.07) is 4.26. The predicted molar refractivity (Wildman–Crippen MR) is 80.4 cm³/mol. The second-order valence-corrected chi connectivity index (χ2v) is 4.96. The number of nitrogens with one attached hydrogen (secondary N) is 1. The van der Waals surface area contributed by atoms with Crippen LogP contribution in [-0.4, -0.2) is 26.6 Å². The first-order valence-corrected chi connectivity index (χ1v) is 6.56. The summed E-state index contributed by atoms with van der Waals surface area (Å²) < 4.78 is 2.01. The van der Waals surface area contributed by atoms with Crippen molar-refractivity contribution in [3.05, 3.63) is 41.5 Å². The van der Waals surface area contributed by atoms with Gasteiger partial charge in [-0.05, 0) is 44.0 Å². The lowest BCUT2D eigenvalue weighted by Crippen LogP contribution is -2.04. The lowest BCUT2D eigenvalue weighted by Gasteiger charge is -2.10. The van der Waals surface area contributed by atoms with Crippen LogP contribution in [0, 0.1) is 20.8 Å². The summed E-state index contributed by atoms with van der Waals surface area (Å²) in [5.41, 5.74) is 5.56. The summed E-state index contributed by atoms with van der Waals surface area (Å²) >= 11 is 0. The molecule has 0 aliphatic carbocycles. The van der Waals surface area contributed by atoms with E-state index in [2.05, 4.69) is 46.2 Å². The molecule has 5 heteroatoms. The SMILES string of the molecule is CNc1ncnc(-n2cnc3cc(C)c(C)cc32)c1C. The first-order chi connectivity index (χ1) is 9.61. The summed E-state index contributed by atoms with van der Waals surface area (Å²) in [5, 5.41) is 3.08. The van der Waals surface area contributed by atoms with Crippen molar-refractivity contribution in [2.45, 2.75) is 20.8 Å². The molecule has 5 nitrogen and oxygen atoms in total. The fourth-order valence-corrected chi connectivity index (χ4v) is 2.37. The minimum absolute atomic E-state index is 0.834. The van der Waals surface area contributed by atoms with Crippen molar-refractivity contribution in [2.75, 3.05) is 12.4 Å². The first kappa shape index (κ1) is 12.6. The molecular weight excluding hydrogens is 250 g/mol. The standard InChI is InChI=1S/C15H17N5/c1-9-5-12-13(6-10(9)2)20(8-19-12)15-11(3)14(16-4)17-7-18-15/h5-8H,1-4H3,(H,16,17,18). The van der Waals surface area contributed by atoms with Crippen LogP contribution in [0.25, 0.3) is 16.9 Å². The van der Waals surface area contributed by atoms with Crippen LogP contribution in [0.3, 0.4) is 0 Å². The highest BCUT2D eigenvalue weighted by atomic mass is 15.1. The van der Waals surface area contributed by atoms with Crippen molar-refractivity contribution in [1.29, 1.82) is 0 Å². The molecule has 102 valence electrons. The van der Waals surface area contributed by atoms with Crippen molar-refractivity contribution in [2.24, 2.45) is 0 Å². The quantitative estimate of drug-likeness (QED) is 0.775. The first-order valence-electron chi connectivity index (χ1n) is 6.56. The predicted octanol–water partition coefficient (Wildman–Crippen LogP) is 2.78. The minimum atomic E-state index is 0.834. The Morgan fingerprint density at radius 1 is 1.00 bits per heavy atom. The molecule has 3 aromatic rings. The number of hydrogen-bond donors (Lipinski definition) is 1. The molecule has 0 unspecified atom stereocenters. The van der Waals surface area contributed by atoms with E-state index < -0.39 is 0 Å². The number of fused-ring (bicyclic) bond motifs is 1. The number of imidazole rings is 1. The van der Waals surface area contributed by atoms with Crippen LogP contribution in [0.5, 0.6) is 0 Å². The third-order valence-electron chi connectivity index (χ3n) is 3.69. The van der Waals surface area contributed by atoms with Gasteiger partial charge in [0.25, 0.3) is 0 Å². The van der Waals surface area contributed by atoms with E-state index in [-0.39, 0.29) is 0 Å². The third kappa shape index (κ3) is 1.82. The van der Waals surface area contributed by atoms with Crippen molar-refractivity contribution < 1.29 is 0 Å². The van der Waals surface area contributed by atoms with E-state index in [1.165, 1.54) is 11.1 Å². The topological polar surface area (TPSA) is 55.6 Å². The van der Waals surface area contributed by atoms with Gasteiger partial charge in [0.05, 0.1) is 11.0 Å². The fraction of sp³-hybridized carbons (Fsp3) is 0.267. The molecule has 0 saturated carbocycles. The molecule has 0 bridgehead atoms. The zero-order valence-electron chi connectivity index (χ0n) is 12.1. The van der Waals surface area contributed by atoms with Crippen LogP contribution in [0.2, 0.25) is 0 Å². The molecule has 0 radical (unpaired) electrons. The van der Waals surface area contributed by atoms with Crippen LogP contribution in [-0.2, 0) is 0 Å². The van der Waals surface area contributed by atoms with Gasteiger partial charge in [0, 0.05) is 12.6 Å². The lowest BCUT2D eigenvalue weighted by atomic mass is 10.1. The number of rotatable bonds is 2. The van der Waals surface area contributed by atoms with Crippen LogP contribution in [0.15, 0.2) is 24.8 Å². The van der Waals surface area contributed by atoms with Gasteiger partial charge in [-0.15, -0.1) is 0 Å². The minimum Gasteiger partial charge on any atom is -0.373 e. The Kier molecular flexibility index (Phi) is 2.89. The van der Waals surface area contributed by atoms with Crippen molar-refractivity contribution >= 4 is 16.9 Å². The number of aromatic nitrogens is 4. The summed E-state index contributed by atoms with van der Waals surface area (Å²) in [7, 11) is 1.86. The molecular formula is C15H17N5. The molecule has 1 N–H and O–H groups in total. The molecule has 0 atom stereocenters. The van der Waals surface area contributed by atoms with Gasteiger partial charge < -0.3 is 5.32 Å². The van der Waals surface area contributed by atoms with E-state index in [1.54, 1.807) is 6.33 Å². The second kappa shape index (κ2) is 4.59. The molecule has 2 aromatic heterocycles. The van der Waals surface area contributed by atoms with Gasteiger partial charge >= 0.3 is 0 Å². The maximum absolute atomic E-state index is 4.48. The van der Waals surface area contributed by atoms with Crippen molar-refractivity contribution in [3.63, 3.8) is 0 Å². The zero-order chi connectivity index (χ0) is 14.3. The Balaban J connectivity index is 2.28. The Morgan fingerprint density at radius 3 is 2.50 bits per heavy atom. The van der Waals surface area contributed by atoms with Crippen LogP contribution < -0.4 is 5.32 Å². The maximum Gasteiger partial charge on any atom is 0.146 e. The maximum atomic E-state index is 4.48. The molecule has 0 spiro atoms. The number of nitrogens with zero attached hydrogens (tertiary/aromatic N) is 4. The third-order valence-corrected chi connectivity index (χ3v) is 3.69. The van der Waals surface area contributed by atoms with Gasteiger partial charge in [0.2, 0.25) is 0 Å². The van der Waals surface area contributed by atoms with E-state index in [0.29, 0.717) is 0 Å². The Labute approximate surface area is 117 Å². The molecule has 0 fully saturated rings. The Hall–Kier alpha value is -2.43. The Morgan fingerprint density at radius 2 is 1.75 bits per heavy atom. The number of anilines is 1. The van der Waals surface area contributed by atoms with Crippen LogP contribution in [0.4, 0.5) is 5.82 Å². The van der Waals surface area contributed by atoms with Gasteiger partial charge in [-0.2, -0.15) is 0 Å². The highest BCUT2D eigenvalue weighted by Crippen LogP contribution is 2.24. The van der Waals surface area contributed by atoms with E-state index in [1.807, 2.05) is 24.9 Å². The van der Waals surface area contributed by atoms with E-state index in [0.717, 1.165) is 28.2 Å². The van der Waals surface area contributed by atoms with Gasteiger partial charge in [0.15, 0.2) is 0 Å². The monoisotopic (exact) mass is 267 g/mol. The number of benzene rings is 1. The average molecular weight is 267 g/mol. The molecule has 0 amide bonds. The largest absolute Gasteiger partial charge is 0.373 e. The van der Waals surface area contributed by atoms with Gasteiger partial charge in [-0.25, -0.2) is 15.0 Å². The molecule has 0 saturated heterocycles. The van der Waals surface area contributed by atoms with Crippen molar-refractivity contribution in [1.82, 2.24) is 19.5 Å². The molecule has 20 heavy (non-hydrogen) atoms. The normalized spacial score (nSPS) is 11.0. The fourth-order valence-electron chi connectivity index (χ4n) is 2.37. The van der Waals surface area contributed by atoms with E-state index in [9.17, 15) is 0 Å². The summed E-state index contributed by atoms with van der Waals surface area (Å²) in [4.78, 5) is 13.1. The van der Waals surface area contributed by atoms with Crippen LogP contribution in [0.1, 0.15) is 16.7 Å². The number of hydrogen-bond acceptors (Lipinski definition) is 4. The molecule has 3 rings (SSSR count). The van der Waals surface area contributed by atoms with Gasteiger partial charge in [-0.1, -0.05) is 0 Å². The highest BCUT2D eigenvalue weighted by Gasteiger charge is 2.12. The smallest absolute Gasteiger partial charge is 0.146 e. The molecule has 1 aromatic carbocycles. The van der Waals surface area contributed by atoms with Gasteiger partial charge in [-0.3, -0.25) is 4.57 Å². The van der Waals surface area contributed by atoms with Crippen molar-refractivity contribution in [3.8, 4) is 5.82 Å². The van der Waals surface area contributed by atoms with Gasteiger partial charge in [0.1, 0.15) is 24.3 Å². The van der Waals surface area contributed by atoms with E-state index >= 15 is 0 Å². The summed E-state index contributed by atoms with van der Waals surface area (Å²) in [5.74, 6) is 1.69. The Bertz CT molecular complexity index is 788. The van der Waals surface area contributed by atoms with E-state index in [4.69, 9.17) is 0 Å². The average Bonchev–Trinajstić information content (AvgIpc) is 2.82. The second-order valence-electron chi connectivity index (χ2n) is 4.96. The molecule has 2 heterocycles. The highest BCUT2D eigenvalue weighted by molar-refractivity contribution is 5.79.